The van der Waals surface area contributed by atoms with Gasteiger partial charge in [0.2, 0.25) is 11.8 Å². The van der Waals surface area contributed by atoms with Gasteiger partial charge >= 0.3 is 0 Å². The quantitative estimate of drug-likeness (QED) is 0.307. The molecular formula is C30H36BrN3O5S. The lowest BCUT2D eigenvalue weighted by Crippen LogP contribution is -2.54. The Bertz CT molecular complexity index is 1390. The molecule has 40 heavy (non-hydrogen) atoms. The van der Waals surface area contributed by atoms with Gasteiger partial charge in [0.25, 0.3) is 10.0 Å². The zero-order valence-corrected chi connectivity index (χ0v) is 25.8. The van der Waals surface area contributed by atoms with Crippen molar-refractivity contribution < 1.29 is 22.7 Å². The van der Waals surface area contributed by atoms with Gasteiger partial charge in [-0.1, -0.05) is 46.3 Å². The largest absolute Gasteiger partial charge is 0.494 e. The number of anilines is 1. The first kappa shape index (κ1) is 31.2. The van der Waals surface area contributed by atoms with Gasteiger partial charge in [-0.3, -0.25) is 13.9 Å². The third-order valence-corrected chi connectivity index (χ3v) is 8.29. The second-order valence-electron chi connectivity index (χ2n) is 10.3. The summed E-state index contributed by atoms with van der Waals surface area (Å²) < 4.78 is 35.1. The fraction of sp³-hybridized carbons (Fsp3) is 0.333. The third-order valence-electron chi connectivity index (χ3n) is 5.98. The fourth-order valence-electron chi connectivity index (χ4n) is 3.97. The zero-order valence-electron chi connectivity index (χ0n) is 23.4. The minimum absolute atomic E-state index is 0.0329. The van der Waals surface area contributed by atoms with E-state index < -0.39 is 34.1 Å². The number of nitrogens with zero attached hydrogens (tertiary/aromatic N) is 2. The molecule has 0 spiro atoms. The van der Waals surface area contributed by atoms with Gasteiger partial charge in [0.1, 0.15) is 18.3 Å². The predicted molar refractivity (Wildman–Crippen MR) is 161 cm³/mol. The minimum atomic E-state index is -4.15. The van der Waals surface area contributed by atoms with Gasteiger partial charge in [0, 0.05) is 16.6 Å². The van der Waals surface area contributed by atoms with Crippen LogP contribution in [0.4, 0.5) is 5.69 Å². The minimum Gasteiger partial charge on any atom is -0.494 e. The van der Waals surface area contributed by atoms with Gasteiger partial charge in [-0.2, -0.15) is 0 Å². The Morgan fingerprint density at radius 2 is 1.55 bits per heavy atom. The van der Waals surface area contributed by atoms with Gasteiger partial charge in [-0.05, 0) is 88.7 Å². The van der Waals surface area contributed by atoms with Crippen molar-refractivity contribution in [1.82, 2.24) is 10.2 Å². The number of sulfonamides is 1. The Morgan fingerprint density at radius 1 is 0.950 bits per heavy atom. The maximum absolute atomic E-state index is 14.0. The second kappa shape index (κ2) is 13.3. The number of halogens is 1. The molecule has 0 aromatic heterocycles. The van der Waals surface area contributed by atoms with Crippen LogP contribution in [0.1, 0.15) is 40.2 Å². The molecule has 0 aliphatic carbocycles. The van der Waals surface area contributed by atoms with Crippen molar-refractivity contribution in [3.05, 3.63) is 88.9 Å². The zero-order chi connectivity index (χ0) is 29.5. The topological polar surface area (TPSA) is 96.0 Å². The summed E-state index contributed by atoms with van der Waals surface area (Å²) in [4.78, 5) is 28.5. The first-order valence-electron chi connectivity index (χ1n) is 13.0. The van der Waals surface area contributed by atoms with Crippen molar-refractivity contribution in [2.24, 2.45) is 0 Å². The number of rotatable bonds is 11. The Balaban J connectivity index is 2.02. The van der Waals surface area contributed by atoms with E-state index >= 15 is 0 Å². The summed E-state index contributed by atoms with van der Waals surface area (Å²) in [7, 11) is -4.15. The summed E-state index contributed by atoms with van der Waals surface area (Å²) in [6.45, 7) is 9.17. The molecule has 0 bridgehead atoms. The van der Waals surface area contributed by atoms with Gasteiger partial charge < -0.3 is 15.0 Å². The van der Waals surface area contributed by atoms with E-state index in [9.17, 15) is 18.0 Å². The Morgan fingerprint density at radius 3 is 2.10 bits per heavy atom. The van der Waals surface area contributed by atoms with Crippen LogP contribution in [-0.4, -0.2) is 49.9 Å². The van der Waals surface area contributed by atoms with Crippen LogP contribution in [0.3, 0.4) is 0 Å². The Hall–Kier alpha value is -3.37. The molecule has 0 aliphatic heterocycles. The van der Waals surface area contributed by atoms with Crippen molar-refractivity contribution in [1.29, 1.82) is 0 Å². The molecule has 10 heteroatoms. The molecule has 1 atom stereocenters. The van der Waals surface area contributed by atoms with Crippen LogP contribution >= 0.6 is 15.9 Å². The van der Waals surface area contributed by atoms with Gasteiger partial charge in [-0.15, -0.1) is 0 Å². The van der Waals surface area contributed by atoms with E-state index in [0.717, 1.165) is 14.3 Å². The summed E-state index contributed by atoms with van der Waals surface area (Å²) >= 11 is 3.34. The smallest absolute Gasteiger partial charge is 0.264 e. The van der Waals surface area contributed by atoms with Crippen LogP contribution in [0.5, 0.6) is 5.75 Å². The first-order chi connectivity index (χ1) is 18.8. The Kier molecular flexibility index (Phi) is 10.4. The van der Waals surface area contributed by atoms with E-state index in [1.54, 1.807) is 43.3 Å². The molecule has 0 heterocycles. The molecule has 214 valence electrons. The maximum Gasteiger partial charge on any atom is 0.264 e. The van der Waals surface area contributed by atoms with Crippen LogP contribution < -0.4 is 14.4 Å². The van der Waals surface area contributed by atoms with E-state index in [1.807, 2.05) is 58.0 Å². The summed E-state index contributed by atoms with van der Waals surface area (Å²) in [5, 5.41) is 2.92. The summed E-state index contributed by atoms with van der Waals surface area (Å²) in [6.07, 6.45) is 0. The number of carbonyl (C=O) groups excluding carboxylic acids is 2. The normalized spacial score (nSPS) is 12.3. The van der Waals surface area contributed by atoms with Crippen molar-refractivity contribution in [2.45, 2.75) is 57.6 Å². The van der Waals surface area contributed by atoms with Crippen molar-refractivity contribution >= 4 is 43.5 Å². The van der Waals surface area contributed by atoms with Crippen molar-refractivity contribution in [2.75, 3.05) is 17.5 Å². The predicted octanol–water partition coefficient (Wildman–Crippen LogP) is 5.38. The molecular weight excluding hydrogens is 594 g/mol. The van der Waals surface area contributed by atoms with Crippen LogP contribution in [0, 0.1) is 0 Å². The number of ether oxygens (including phenoxy) is 1. The molecule has 0 unspecified atom stereocenters. The summed E-state index contributed by atoms with van der Waals surface area (Å²) in [5.74, 6) is -0.271. The van der Waals surface area contributed by atoms with Crippen LogP contribution in [-0.2, 0) is 26.2 Å². The first-order valence-corrected chi connectivity index (χ1v) is 15.2. The van der Waals surface area contributed by atoms with E-state index in [1.165, 1.54) is 17.0 Å². The standard InChI is InChI=1S/C30H36BrN3O5S/c1-6-39-26-16-14-25(15-17-26)34(40(37,38)27-18-12-24(31)13-19-27)21-28(35)33(20-23-10-8-7-9-11-23)22(2)29(36)32-30(3,4)5/h7-19,22H,6,20-21H2,1-5H3,(H,32,36)/t22-/m0/s1. The summed E-state index contributed by atoms with van der Waals surface area (Å²) in [5.41, 5.74) is 0.604. The highest BCUT2D eigenvalue weighted by molar-refractivity contribution is 9.10. The van der Waals surface area contributed by atoms with Gasteiger partial charge in [-0.25, -0.2) is 8.42 Å². The van der Waals surface area contributed by atoms with Crippen LogP contribution in [0.15, 0.2) is 88.2 Å². The van der Waals surface area contributed by atoms with E-state index in [-0.39, 0.29) is 17.3 Å². The lowest BCUT2D eigenvalue weighted by molar-refractivity contribution is -0.140. The van der Waals surface area contributed by atoms with E-state index in [0.29, 0.717) is 18.0 Å². The number of carbonyl (C=O) groups is 2. The van der Waals surface area contributed by atoms with E-state index in [4.69, 9.17) is 4.74 Å². The van der Waals surface area contributed by atoms with Gasteiger partial charge in [0.05, 0.1) is 17.2 Å². The second-order valence-corrected chi connectivity index (χ2v) is 13.1. The fourth-order valence-corrected chi connectivity index (χ4v) is 5.65. The highest BCUT2D eigenvalue weighted by atomic mass is 79.9. The van der Waals surface area contributed by atoms with Gasteiger partial charge in [0.15, 0.2) is 0 Å². The molecule has 3 aromatic carbocycles. The molecule has 0 aliphatic rings. The number of benzene rings is 3. The third kappa shape index (κ3) is 8.32. The van der Waals surface area contributed by atoms with Crippen LogP contribution in [0.25, 0.3) is 0 Å². The van der Waals surface area contributed by atoms with Crippen molar-refractivity contribution in [3.63, 3.8) is 0 Å². The highest BCUT2D eigenvalue weighted by Gasteiger charge is 2.33. The number of hydrogen-bond acceptors (Lipinski definition) is 5. The molecule has 0 saturated heterocycles. The number of nitrogens with one attached hydrogen (secondary N) is 1. The molecule has 2 amide bonds. The summed E-state index contributed by atoms with van der Waals surface area (Å²) in [6, 6.07) is 21.2. The molecule has 8 nitrogen and oxygen atoms in total. The maximum atomic E-state index is 14.0. The molecule has 0 fully saturated rings. The number of amides is 2. The number of hydrogen-bond donors (Lipinski definition) is 1. The molecule has 3 rings (SSSR count). The monoisotopic (exact) mass is 629 g/mol. The molecule has 0 radical (unpaired) electrons. The van der Waals surface area contributed by atoms with Crippen LogP contribution in [0.2, 0.25) is 0 Å². The SMILES string of the molecule is CCOc1ccc(N(CC(=O)N(Cc2ccccc2)[C@@H](C)C(=O)NC(C)(C)C)S(=O)(=O)c2ccc(Br)cc2)cc1. The van der Waals surface area contributed by atoms with E-state index in [2.05, 4.69) is 21.2 Å². The average Bonchev–Trinajstić information content (AvgIpc) is 2.90. The van der Waals surface area contributed by atoms with Crippen molar-refractivity contribution in [3.8, 4) is 5.75 Å². The highest BCUT2D eigenvalue weighted by Crippen LogP contribution is 2.27. The molecule has 0 saturated carbocycles. The Labute approximate surface area is 245 Å². The molecule has 1 N–H and O–H groups in total. The average molecular weight is 631 g/mol. The lowest BCUT2D eigenvalue weighted by atomic mass is 10.1. The molecule has 3 aromatic rings. The lowest BCUT2D eigenvalue weighted by Gasteiger charge is -2.33.